The van der Waals surface area contributed by atoms with Gasteiger partial charge in [-0.15, -0.1) is 0 Å². The second kappa shape index (κ2) is 10.7. The van der Waals surface area contributed by atoms with Crippen molar-refractivity contribution in [1.29, 1.82) is 0 Å². The first-order chi connectivity index (χ1) is 25.8. The Morgan fingerprint density at radius 2 is 1.28 bits per heavy atom. The number of fused-ring (bicyclic) bond motifs is 10. The van der Waals surface area contributed by atoms with Gasteiger partial charge in [-0.25, -0.2) is 0 Å². The first kappa shape index (κ1) is 30.6. The molecule has 1 aliphatic heterocycles. The Hall–Kier alpha value is -6.06. The van der Waals surface area contributed by atoms with Gasteiger partial charge >= 0.3 is 0 Å². The van der Waals surface area contributed by atoms with Crippen LogP contribution in [0.15, 0.2) is 152 Å². The van der Waals surface area contributed by atoms with Crippen LogP contribution in [0, 0.1) is 0 Å². The zero-order chi connectivity index (χ0) is 35.6. The predicted octanol–water partition coefficient (Wildman–Crippen LogP) is 13.6. The predicted molar refractivity (Wildman–Crippen MR) is 219 cm³/mol. The molecule has 0 saturated heterocycles. The number of aromatic nitrogens is 1. The van der Waals surface area contributed by atoms with Crippen LogP contribution in [0.3, 0.4) is 0 Å². The number of benzene rings is 6. The summed E-state index contributed by atoms with van der Waals surface area (Å²) in [5.74, 6) is 1.72. The number of nitrogens with zero attached hydrogens (tertiary/aromatic N) is 2. The normalized spacial score (nSPS) is 17.8. The molecule has 3 aliphatic carbocycles. The zero-order valence-electron chi connectivity index (χ0n) is 30.5. The van der Waals surface area contributed by atoms with Gasteiger partial charge in [-0.1, -0.05) is 131 Å². The van der Waals surface area contributed by atoms with Crippen LogP contribution in [0.1, 0.15) is 62.4 Å². The molecule has 0 bridgehead atoms. The van der Waals surface area contributed by atoms with E-state index in [-0.39, 0.29) is 16.9 Å². The van der Waals surface area contributed by atoms with Gasteiger partial charge in [0.2, 0.25) is 0 Å². The van der Waals surface area contributed by atoms with E-state index in [1.54, 1.807) is 0 Å². The van der Waals surface area contributed by atoms with Gasteiger partial charge < -0.3 is 14.2 Å². The van der Waals surface area contributed by atoms with Gasteiger partial charge in [-0.2, -0.15) is 0 Å². The Labute approximate surface area is 311 Å². The molecule has 7 aromatic rings. The summed E-state index contributed by atoms with van der Waals surface area (Å²) in [6, 6.07) is 47.3. The van der Waals surface area contributed by atoms with Gasteiger partial charge in [0.05, 0.1) is 23.1 Å². The molecule has 1 atom stereocenters. The highest BCUT2D eigenvalue weighted by Crippen LogP contribution is 2.57. The lowest BCUT2D eigenvalue weighted by Gasteiger charge is -2.34. The molecule has 2 heterocycles. The van der Waals surface area contributed by atoms with Crippen LogP contribution in [-0.2, 0) is 10.8 Å². The van der Waals surface area contributed by atoms with Crippen LogP contribution >= 0.6 is 0 Å². The molecule has 0 saturated carbocycles. The minimum absolute atomic E-state index is 0.0852. The Morgan fingerprint density at radius 1 is 0.585 bits per heavy atom. The molecule has 1 unspecified atom stereocenters. The zero-order valence-corrected chi connectivity index (χ0v) is 30.5. The molecule has 53 heavy (non-hydrogen) atoms. The number of ether oxygens (including phenoxy) is 1. The van der Waals surface area contributed by atoms with E-state index in [0.29, 0.717) is 0 Å². The van der Waals surface area contributed by atoms with Crippen LogP contribution in [0.2, 0.25) is 0 Å². The highest BCUT2D eigenvalue weighted by Gasteiger charge is 2.41. The summed E-state index contributed by atoms with van der Waals surface area (Å²) in [5, 5.41) is 1.33. The quantitative estimate of drug-likeness (QED) is 0.184. The summed E-state index contributed by atoms with van der Waals surface area (Å²) in [6.07, 6.45) is 10.0. The van der Waals surface area contributed by atoms with E-state index in [0.717, 1.165) is 40.5 Å². The van der Waals surface area contributed by atoms with E-state index in [4.69, 9.17) is 4.74 Å². The highest BCUT2D eigenvalue weighted by atomic mass is 16.5. The molecule has 1 aromatic heterocycles. The van der Waals surface area contributed by atoms with Crippen molar-refractivity contribution < 1.29 is 4.74 Å². The van der Waals surface area contributed by atoms with Crippen molar-refractivity contribution in [2.75, 3.05) is 4.90 Å². The van der Waals surface area contributed by atoms with Crippen LogP contribution < -0.4 is 9.64 Å². The standard InChI is InChI=1S/C50H40N2O/c1-49(2)39-18-10-8-16-35(39)36-25-24-34(30-41(36)49)51-43-20-12-13-21-45(43)53-46-29-32(23-27-44(46)51)31-22-26-42-38(28-31)47-48(52(42)33-14-6-5-7-15-33)37-17-9-11-19-40(37)50(47,3)4/h5-14,16-30,33H,15H2,1-4H3. The van der Waals surface area contributed by atoms with Gasteiger partial charge in [0.15, 0.2) is 11.5 Å². The lowest BCUT2D eigenvalue weighted by Crippen LogP contribution is -2.18. The van der Waals surface area contributed by atoms with Crippen molar-refractivity contribution in [1.82, 2.24) is 4.57 Å². The van der Waals surface area contributed by atoms with Gasteiger partial charge in [0, 0.05) is 33.0 Å². The molecule has 6 aromatic carbocycles. The maximum atomic E-state index is 6.74. The van der Waals surface area contributed by atoms with E-state index in [9.17, 15) is 0 Å². The third-order valence-corrected chi connectivity index (χ3v) is 12.5. The van der Waals surface area contributed by atoms with Crippen molar-refractivity contribution >= 4 is 28.0 Å². The van der Waals surface area contributed by atoms with E-state index in [2.05, 4.69) is 189 Å². The van der Waals surface area contributed by atoms with Crippen molar-refractivity contribution in [3.05, 3.63) is 174 Å². The van der Waals surface area contributed by atoms with Crippen LogP contribution in [0.5, 0.6) is 11.5 Å². The second-order valence-electron chi connectivity index (χ2n) is 16.1. The molecule has 0 spiro atoms. The van der Waals surface area contributed by atoms with E-state index in [1.165, 1.54) is 61.1 Å². The fraction of sp³-hybridized carbons (Fsp3) is 0.160. The fourth-order valence-electron chi connectivity index (χ4n) is 9.91. The number of hydrogen-bond acceptors (Lipinski definition) is 2. The molecular weight excluding hydrogens is 645 g/mol. The van der Waals surface area contributed by atoms with Crippen LogP contribution in [0.4, 0.5) is 17.1 Å². The molecule has 11 rings (SSSR count). The lowest BCUT2D eigenvalue weighted by atomic mass is 9.81. The molecule has 0 radical (unpaired) electrons. The summed E-state index contributed by atoms with van der Waals surface area (Å²) in [6.45, 7) is 9.47. The Kier molecular flexibility index (Phi) is 6.19. The largest absolute Gasteiger partial charge is 0.453 e. The molecule has 256 valence electrons. The molecule has 0 amide bonds. The minimum Gasteiger partial charge on any atom is -0.453 e. The number of hydrogen-bond donors (Lipinski definition) is 0. The fourth-order valence-corrected chi connectivity index (χ4v) is 9.91. The maximum absolute atomic E-state index is 6.74. The highest BCUT2D eigenvalue weighted by molar-refractivity contribution is 6.00. The number of para-hydroxylation sites is 2. The van der Waals surface area contributed by atoms with Crippen LogP contribution in [0.25, 0.3) is 44.4 Å². The van der Waals surface area contributed by atoms with E-state index < -0.39 is 0 Å². The average Bonchev–Trinajstić information content (AvgIpc) is 3.74. The van der Waals surface area contributed by atoms with Crippen molar-refractivity contribution in [2.24, 2.45) is 0 Å². The maximum Gasteiger partial charge on any atom is 0.152 e. The molecule has 0 N–H and O–H groups in total. The third kappa shape index (κ3) is 4.16. The number of rotatable bonds is 3. The third-order valence-electron chi connectivity index (χ3n) is 12.5. The van der Waals surface area contributed by atoms with Gasteiger partial charge in [0.25, 0.3) is 0 Å². The minimum atomic E-state index is -0.114. The van der Waals surface area contributed by atoms with Gasteiger partial charge in [-0.05, 0) is 99.5 Å². The number of anilines is 3. The Morgan fingerprint density at radius 3 is 2.11 bits per heavy atom. The van der Waals surface area contributed by atoms with E-state index >= 15 is 0 Å². The topological polar surface area (TPSA) is 17.4 Å². The van der Waals surface area contributed by atoms with Crippen molar-refractivity contribution in [2.45, 2.75) is 51.0 Å². The molecule has 3 nitrogen and oxygen atoms in total. The first-order valence-electron chi connectivity index (χ1n) is 18.9. The summed E-state index contributed by atoms with van der Waals surface area (Å²) in [4.78, 5) is 2.37. The first-order valence-corrected chi connectivity index (χ1v) is 18.9. The van der Waals surface area contributed by atoms with Crippen molar-refractivity contribution in [3.63, 3.8) is 0 Å². The van der Waals surface area contributed by atoms with Gasteiger partial charge in [0.1, 0.15) is 0 Å². The van der Waals surface area contributed by atoms with Crippen molar-refractivity contribution in [3.8, 4) is 45.0 Å². The van der Waals surface area contributed by atoms with E-state index in [1.807, 2.05) is 0 Å². The lowest BCUT2D eigenvalue weighted by molar-refractivity contribution is 0.477. The Bertz CT molecular complexity index is 2760. The summed E-state index contributed by atoms with van der Waals surface area (Å²) in [5.41, 5.74) is 17.6. The molecule has 0 fully saturated rings. The molecular formula is C50H40N2O. The number of allylic oxidation sites excluding steroid dienone is 4. The molecule has 4 aliphatic rings. The summed E-state index contributed by atoms with van der Waals surface area (Å²) in [7, 11) is 0. The second-order valence-corrected chi connectivity index (χ2v) is 16.1. The van der Waals surface area contributed by atoms with Crippen LogP contribution in [-0.4, -0.2) is 4.57 Å². The summed E-state index contributed by atoms with van der Waals surface area (Å²) >= 11 is 0. The average molecular weight is 685 g/mol. The monoisotopic (exact) mass is 684 g/mol. The SMILES string of the molecule is CC1(C)c2ccccc2-c2ccc(N3c4ccccc4Oc4cc(-c5ccc6c(c5)c5c(n6C6C=CC=CC6)-c6ccccc6C5(C)C)ccc43)cc21. The van der Waals surface area contributed by atoms with Gasteiger partial charge in [-0.3, -0.25) is 0 Å². The molecule has 3 heteroatoms. The Balaban J connectivity index is 1.05. The smallest absolute Gasteiger partial charge is 0.152 e. The summed E-state index contributed by atoms with van der Waals surface area (Å²) < 4.78 is 9.34.